The molecular formula is C13H20BrNO2. The van der Waals surface area contributed by atoms with Gasteiger partial charge in [-0.2, -0.15) is 0 Å². The molecule has 1 aromatic heterocycles. The fraction of sp³-hybridized carbons (Fsp3) is 0.692. The van der Waals surface area contributed by atoms with E-state index in [2.05, 4.69) is 22.9 Å². The molecular weight excluding hydrogens is 282 g/mol. The lowest BCUT2D eigenvalue weighted by molar-refractivity contribution is -0.0261. The Balaban J connectivity index is 2.26. The minimum atomic E-state index is -0.611. The van der Waals surface area contributed by atoms with Gasteiger partial charge in [0, 0.05) is 12.0 Å². The monoisotopic (exact) mass is 301 g/mol. The maximum atomic E-state index is 10.6. The molecule has 3 atom stereocenters. The highest BCUT2D eigenvalue weighted by molar-refractivity contribution is 9.10. The zero-order valence-electron chi connectivity index (χ0n) is 10.2. The second-order valence-corrected chi connectivity index (χ2v) is 6.16. The van der Waals surface area contributed by atoms with Gasteiger partial charge in [-0.05, 0) is 40.8 Å². The number of aliphatic hydroxyl groups is 1. The normalized spacial score (nSPS) is 31.4. The van der Waals surface area contributed by atoms with Crippen LogP contribution in [0.3, 0.4) is 0 Å². The number of hydrogen-bond donors (Lipinski definition) is 2. The summed E-state index contributed by atoms with van der Waals surface area (Å²) >= 11 is 3.41. The Hall–Kier alpha value is -0.320. The van der Waals surface area contributed by atoms with Crippen LogP contribution in [0.4, 0.5) is 0 Å². The van der Waals surface area contributed by atoms with Crippen molar-refractivity contribution in [3.63, 3.8) is 0 Å². The fourth-order valence-electron chi connectivity index (χ4n) is 3.02. The summed E-state index contributed by atoms with van der Waals surface area (Å²) in [5.74, 6) is 1.24. The van der Waals surface area contributed by atoms with Crippen LogP contribution in [0.2, 0.25) is 0 Å². The Bertz CT molecular complexity index is 379. The quantitative estimate of drug-likeness (QED) is 0.901. The average Bonchev–Trinajstić information content (AvgIpc) is 2.74. The van der Waals surface area contributed by atoms with Gasteiger partial charge in [-0.1, -0.05) is 19.8 Å². The third-order valence-electron chi connectivity index (χ3n) is 4.01. The maximum Gasteiger partial charge on any atom is 0.147 e. The van der Waals surface area contributed by atoms with E-state index in [4.69, 9.17) is 10.2 Å². The maximum absolute atomic E-state index is 10.6. The van der Waals surface area contributed by atoms with Gasteiger partial charge in [-0.25, -0.2) is 0 Å². The van der Waals surface area contributed by atoms with E-state index < -0.39 is 6.10 Å². The highest BCUT2D eigenvalue weighted by atomic mass is 79.9. The molecule has 0 saturated heterocycles. The Morgan fingerprint density at radius 1 is 1.71 bits per heavy atom. The third kappa shape index (κ3) is 2.44. The molecule has 4 heteroatoms. The van der Waals surface area contributed by atoms with Gasteiger partial charge in [0.05, 0.1) is 10.7 Å². The molecule has 1 fully saturated rings. The van der Waals surface area contributed by atoms with Gasteiger partial charge < -0.3 is 15.3 Å². The van der Waals surface area contributed by atoms with Crippen LogP contribution in [0.1, 0.15) is 44.5 Å². The lowest BCUT2D eigenvalue weighted by Gasteiger charge is -2.42. The number of halogens is 1. The fourth-order valence-corrected chi connectivity index (χ4v) is 3.44. The molecule has 96 valence electrons. The van der Waals surface area contributed by atoms with E-state index in [9.17, 15) is 5.11 Å². The average molecular weight is 302 g/mol. The molecule has 1 aliphatic rings. The highest BCUT2D eigenvalue weighted by Gasteiger charge is 2.42. The van der Waals surface area contributed by atoms with Gasteiger partial charge in [0.25, 0.3) is 0 Å². The summed E-state index contributed by atoms with van der Waals surface area (Å²) in [6.45, 7) is 2.74. The van der Waals surface area contributed by atoms with Gasteiger partial charge in [0.1, 0.15) is 11.9 Å². The van der Waals surface area contributed by atoms with Crippen molar-refractivity contribution in [3.8, 4) is 0 Å². The van der Waals surface area contributed by atoms with Gasteiger partial charge in [-0.3, -0.25) is 0 Å². The second kappa shape index (κ2) is 5.12. The number of nitrogens with two attached hydrogens (primary N) is 1. The molecule has 3 nitrogen and oxygen atoms in total. The first-order chi connectivity index (χ1) is 8.09. The van der Waals surface area contributed by atoms with E-state index in [1.165, 1.54) is 6.42 Å². The number of furan rings is 1. The topological polar surface area (TPSA) is 59.4 Å². The summed E-state index contributed by atoms with van der Waals surface area (Å²) < 4.78 is 6.22. The summed E-state index contributed by atoms with van der Waals surface area (Å²) in [4.78, 5) is 0. The zero-order chi connectivity index (χ0) is 12.5. The summed E-state index contributed by atoms with van der Waals surface area (Å²) in [5.41, 5.74) is 5.72. The van der Waals surface area contributed by atoms with E-state index in [-0.39, 0.29) is 5.41 Å². The van der Waals surface area contributed by atoms with Crippen molar-refractivity contribution >= 4 is 15.9 Å². The molecule has 3 unspecified atom stereocenters. The summed E-state index contributed by atoms with van der Waals surface area (Å²) in [6, 6.07) is 1.81. The molecule has 0 aliphatic heterocycles. The van der Waals surface area contributed by atoms with Gasteiger partial charge in [0.2, 0.25) is 0 Å². The Morgan fingerprint density at radius 2 is 2.47 bits per heavy atom. The molecule has 1 heterocycles. The van der Waals surface area contributed by atoms with E-state index in [0.29, 0.717) is 18.2 Å². The molecule has 0 spiro atoms. The van der Waals surface area contributed by atoms with Crippen molar-refractivity contribution in [2.45, 2.75) is 38.7 Å². The summed E-state index contributed by atoms with van der Waals surface area (Å²) in [5, 5.41) is 10.6. The molecule has 3 N–H and O–H groups in total. The molecule has 0 radical (unpaired) electrons. The minimum absolute atomic E-state index is 0.224. The Morgan fingerprint density at radius 3 is 3.00 bits per heavy atom. The first-order valence-electron chi connectivity index (χ1n) is 6.20. The molecule has 1 saturated carbocycles. The highest BCUT2D eigenvalue weighted by Crippen LogP contribution is 2.48. The first kappa shape index (κ1) is 13.1. The Kier molecular flexibility index (Phi) is 3.95. The zero-order valence-corrected chi connectivity index (χ0v) is 11.7. The predicted molar refractivity (Wildman–Crippen MR) is 70.5 cm³/mol. The number of aliphatic hydroxyl groups excluding tert-OH is 1. The van der Waals surface area contributed by atoms with E-state index in [0.717, 1.165) is 23.7 Å². The van der Waals surface area contributed by atoms with E-state index >= 15 is 0 Å². The SMILES string of the molecule is CC1CCCC(CN)(C(O)c2occc2Br)C1. The molecule has 1 aromatic rings. The lowest BCUT2D eigenvalue weighted by Crippen LogP contribution is -2.40. The molecule has 1 aliphatic carbocycles. The van der Waals surface area contributed by atoms with Crippen molar-refractivity contribution in [3.05, 3.63) is 22.6 Å². The van der Waals surface area contributed by atoms with Crippen LogP contribution in [-0.2, 0) is 0 Å². The van der Waals surface area contributed by atoms with Crippen molar-refractivity contribution in [1.82, 2.24) is 0 Å². The Labute approximate surface area is 111 Å². The van der Waals surface area contributed by atoms with E-state index in [1.54, 1.807) is 6.26 Å². The van der Waals surface area contributed by atoms with Crippen LogP contribution in [0.25, 0.3) is 0 Å². The second-order valence-electron chi connectivity index (χ2n) is 5.30. The largest absolute Gasteiger partial charge is 0.465 e. The molecule has 0 aromatic carbocycles. The van der Waals surface area contributed by atoms with Crippen LogP contribution in [0.15, 0.2) is 21.2 Å². The first-order valence-corrected chi connectivity index (χ1v) is 6.99. The van der Waals surface area contributed by atoms with Crippen molar-refractivity contribution < 1.29 is 9.52 Å². The summed E-state index contributed by atoms with van der Waals surface area (Å²) in [7, 11) is 0. The standard InChI is InChI=1S/C13H20BrNO2/c1-9-3-2-5-13(7-9,8-15)12(16)11-10(14)4-6-17-11/h4,6,9,12,16H,2-3,5,7-8,15H2,1H3. The van der Waals surface area contributed by atoms with Gasteiger partial charge in [0.15, 0.2) is 0 Å². The number of hydrogen-bond acceptors (Lipinski definition) is 3. The smallest absolute Gasteiger partial charge is 0.147 e. The van der Waals surface area contributed by atoms with Crippen molar-refractivity contribution in [2.24, 2.45) is 17.1 Å². The molecule has 2 rings (SSSR count). The molecule has 0 bridgehead atoms. The lowest BCUT2D eigenvalue weighted by atomic mass is 9.66. The predicted octanol–water partition coefficient (Wildman–Crippen LogP) is 3.23. The van der Waals surface area contributed by atoms with Crippen LogP contribution in [-0.4, -0.2) is 11.7 Å². The minimum Gasteiger partial charge on any atom is -0.465 e. The van der Waals surface area contributed by atoms with Crippen LogP contribution >= 0.6 is 15.9 Å². The van der Waals surface area contributed by atoms with Crippen molar-refractivity contribution in [1.29, 1.82) is 0 Å². The van der Waals surface area contributed by atoms with Crippen LogP contribution < -0.4 is 5.73 Å². The van der Waals surface area contributed by atoms with Gasteiger partial charge >= 0.3 is 0 Å². The number of rotatable bonds is 3. The molecule has 17 heavy (non-hydrogen) atoms. The molecule has 0 amide bonds. The van der Waals surface area contributed by atoms with Crippen LogP contribution in [0, 0.1) is 11.3 Å². The third-order valence-corrected chi connectivity index (χ3v) is 4.66. The van der Waals surface area contributed by atoms with Crippen LogP contribution in [0.5, 0.6) is 0 Å². The van der Waals surface area contributed by atoms with E-state index in [1.807, 2.05) is 6.07 Å². The summed E-state index contributed by atoms with van der Waals surface area (Å²) in [6.07, 6.45) is 5.29. The van der Waals surface area contributed by atoms with Crippen molar-refractivity contribution in [2.75, 3.05) is 6.54 Å². The van der Waals surface area contributed by atoms with Gasteiger partial charge in [-0.15, -0.1) is 0 Å².